The molecule has 2 rings (SSSR count). The van der Waals surface area contributed by atoms with Crippen LogP contribution in [0.2, 0.25) is 5.28 Å². The van der Waals surface area contributed by atoms with Crippen molar-refractivity contribution in [2.75, 3.05) is 37.4 Å². The minimum Gasteiger partial charge on any atom is -0.381 e. The fourth-order valence-electron chi connectivity index (χ4n) is 1.87. The van der Waals surface area contributed by atoms with Gasteiger partial charge in [0.15, 0.2) is 0 Å². The highest BCUT2D eigenvalue weighted by Gasteiger charge is 2.27. The van der Waals surface area contributed by atoms with Crippen LogP contribution in [0.3, 0.4) is 0 Å². The normalized spacial score (nSPS) is 18.4. The molecule has 0 bridgehead atoms. The molecule has 0 amide bonds. The third-order valence-electron chi connectivity index (χ3n) is 3.20. The van der Waals surface area contributed by atoms with Crippen molar-refractivity contribution in [1.29, 1.82) is 0 Å². The van der Waals surface area contributed by atoms with Gasteiger partial charge < -0.3 is 15.4 Å². The number of hydrogen-bond donors (Lipinski definition) is 2. The molecule has 1 aromatic rings. The molecule has 6 nitrogen and oxygen atoms in total. The summed E-state index contributed by atoms with van der Waals surface area (Å²) in [5.74, 6) is 0.974. The number of nitrogens with zero attached hydrogens (tertiary/aromatic N) is 3. The molecule has 1 aromatic heterocycles. The fraction of sp³-hybridized carbons (Fsp3) is 0.727. The molecule has 100 valence electrons. The zero-order valence-corrected chi connectivity index (χ0v) is 11.4. The summed E-state index contributed by atoms with van der Waals surface area (Å²) in [6.07, 6.45) is 2.08. The van der Waals surface area contributed by atoms with Crippen LogP contribution in [-0.2, 0) is 4.74 Å². The lowest BCUT2D eigenvalue weighted by Gasteiger charge is -2.33. The largest absolute Gasteiger partial charge is 0.381 e. The lowest BCUT2D eigenvalue weighted by atomic mass is 9.82. The van der Waals surface area contributed by atoms with Crippen LogP contribution >= 0.6 is 11.6 Å². The van der Waals surface area contributed by atoms with E-state index < -0.39 is 0 Å². The second-order valence-corrected chi connectivity index (χ2v) is 5.12. The molecule has 0 radical (unpaired) electrons. The van der Waals surface area contributed by atoms with Crippen molar-refractivity contribution < 1.29 is 4.74 Å². The number of nitrogens with one attached hydrogen (secondary N) is 2. The molecule has 1 aliphatic heterocycles. The molecule has 0 aromatic carbocycles. The summed E-state index contributed by atoms with van der Waals surface area (Å²) in [5, 5.41) is 6.27. The van der Waals surface area contributed by atoms with E-state index in [0.29, 0.717) is 11.9 Å². The second-order valence-electron chi connectivity index (χ2n) is 4.78. The van der Waals surface area contributed by atoms with Gasteiger partial charge >= 0.3 is 0 Å². The number of hydrogen-bond acceptors (Lipinski definition) is 6. The molecule has 1 aliphatic rings. The van der Waals surface area contributed by atoms with Crippen molar-refractivity contribution in [3.8, 4) is 0 Å². The summed E-state index contributed by atoms with van der Waals surface area (Å²) >= 11 is 5.82. The van der Waals surface area contributed by atoms with Crippen LogP contribution in [0.25, 0.3) is 0 Å². The Kier molecular flexibility index (Phi) is 4.19. The fourth-order valence-corrected chi connectivity index (χ4v) is 2.03. The summed E-state index contributed by atoms with van der Waals surface area (Å²) in [5.41, 5.74) is 0.219. The first-order chi connectivity index (χ1) is 8.61. The smallest absolute Gasteiger partial charge is 0.228 e. The monoisotopic (exact) mass is 271 g/mol. The van der Waals surface area contributed by atoms with Gasteiger partial charge in [-0.15, -0.1) is 0 Å². The summed E-state index contributed by atoms with van der Waals surface area (Å²) in [4.78, 5) is 12.2. The number of aromatic nitrogens is 3. The van der Waals surface area contributed by atoms with Crippen LogP contribution in [0.15, 0.2) is 0 Å². The van der Waals surface area contributed by atoms with Crippen LogP contribution in [-0.4, -0.2) is 41.8 Å². The molecule has 1 fully saturated rings. The van der Waals surface area contributed by atoms with Crippen molar-refractivity contribution in [1.82, 2.24) is 15.0 Å². The van der Waals surface area contributed by atoms with Crippen LogP contribution in [0, 0.1) is 5.41 Å². The van der Waals surface area contributed by atoms with Gasteiger partial charge in [0.25, 0.3) is 0 Å². The maximum atomic E-state index is 5.82. The highest BCUT2D eigenvalue weighted by atomic mass is 35.5. The van der Waals surface area contributed by atoms with Gasteiger partial charge in [-0.05, 0) is 29.9 Å². The third kappa shape index (κ3) is 3.43. The SMILES string of the molecule is CNc1nc(Cl)nc(NCC2(C)CCOCC2)n1. The van der Waals surface area contributed by atoms with Gasteiger partial charge in [-0.2, -0.15) is 15.0 Å². The van der Waals surface area contributed by atoms with Gasteiger partial charge in [0.05, 0.1) is 0 Å². The molecule has 0 spiro atoms. The maximum Gasteiger partial charge on any atom is 0.228 e. The van der Waals surface area contributed by atoms with E-state index in [4.69, 9.17) is 16.3 Å². The van der Waals surface area contributed by atoms with Gasteiger partial charge in [0, 0.05) is 26.8 Å². The van der Waals surface area contributed by atoms with Crippen LogP contribution < -0.4 is 10.6 Å². The first-order valence-electron chi connectivity index (χ1n) is 6.02. The maximum absolute atomic E-state index is 5.82. The predicted molar refractivity (Wildman–Crippen MR) is 71.0 cm³/mol. The predicted octanol–water partition coefficient (Wildman–Crippen LogP) is 1.80. The van der Waals surface area contributed by atoms with Gasteiger partial charge in [-0.25, -0.2) is 0 Å². The molecule has 1 saturated heterocycles. The Bertz CT molecular complexity index is 408. The lowest BCUT2D eigenvalue weighted by Crippen LogP contribution is -2.33. The minimum absolute atomic E-state index is 0.189. The van der Waals surface area contributed by atoms with Crippen LogP contribution in [0.5, 0.6) is 0 Å². The van der Waals surface area contributed by atoms with Gasteiger partial charge in [-0.3, -0.25) is 0 Å². The van der Waals surface area contributed by atoms with Crippen molar-refractivity contribution in [3.63, 3.8) is 0 Å². The Balaban J connectivity index is 1.98. The molecule has 2 heterocycles. The van der Waals surface area contributed by atoms with Crippen molar-refractivity contribution >= 4 is 23.5 Å². The Morgan fingerprint density at radius 3 is 2.56 bits per heavy atom. The van der Waals surface area contributed by atoms with Crippen molar-refractivity contribution in [2.45, 2.75) is 19.8 Å². The van der Waals surface area contributed by atoms with E-state index in [1.54, 1.807) is 7.05 Å². The van der Waals surface area contributed by atoms with Gasteiger partial charge in [0.2, 0.25) is 17.2 Å². The number of ether oxygens (including phenoxy) is 1. The van der Waals surface area contributed by atoms with E-state index >= 15 is 0 Å². The lowest BCUT2D eigenvalue weighted by molar-refractivity contribution is 0.0299. The topological polar surface area (TPSA) is 72.0 Å². The van der Waals surface area contributed by atoms with E-state index in [-0.39, 0.29) is 10.7 Å². The summed E-state index contributed by atoms with van der Waals surface area (Å²) in [6.45, 7) is 4.68. The van der Waals surface area contributed by atoms with E-state index in [9.17, 15) is 0 Å². The summed E-state index contributed by atoms with van der Waals surface area (Å²) in [6, 6.07) is 0. The van der Waals surface area contributed by atoms with Crippen LogP contribution in [0.4, 0.5) is 11.9 Å². The van der Waals surface area contributed by atoms with E-state index in [0.717, 1.165) is 32.6 Å². The Hall–Kier alpha value is -1.14. The summed E-state index contributed by atoms with van der Waals surface area (Å²) < 4.78 is 5.37. The summed E-state index contributed by atoms with van der Waals surface area (Å²) in [7, 11) is 1.75. The zero-order valence-electron chi connectivity index (χ0n) is 10.7. The molecular formula is C11H18ClN5O. The minimum atomic E-state index is 0.189. The van der Waals surface area contributed by atoms with Gasteiger partial charge in [0.1, 0.15) is 0 Å². The third-order valence-corrected chi connectivity index (χ3v) is 3.37. The average Bonchev–Trinajstić information content (AvgIpc) is 2.37. The molecule has 0 aliphatic carbocycles. The Labute approximate surface area is 112 Å². The highest BCUT2D eigenvalue weighted by Crippen LogP contribution is 2.29. The van der Waals surface area contributed by atoms with E-state index in [1.807, 2.05) is 0 Å². The number of halogens is 1. The van der Waals surface area contributed by atoms with Crippen LogP contribution in [0.1, 0.15) is 19.8 Å². The molecule has 0 atom stereocenters. The second kappa shape index (κ2) is 5.67. The van der Waals surface area contributed by atoms with Crippen molar-refractivity contribution in [3.05, 3.63) is 5.28 Å². The van der Waals surface area contributed by atoms with E-state index in [1.165, 1.54) is 0 Å². The molecule has 18 heavy (non-hydrogen) atoms. The molecule has 7 heteroatoms. The van der Waals surface area contributed by atoms with E-state index in [2.05, 4.69) is 32.5 Å². The molecule has 2 N–H and O–H groups in total. The average molecular weight is 272 g/mol. The van der Waals surface area contributed by atoms with Gasteiger partial charge in [-0.1, -0.05) is 6.92 Å². The molecule has 0 saturated carbocycles. The molecular weight excluding hydrogens is 254 g/mol. The quantitative estimate of drug-likeness (QED) is 0.870. The zero-order chi connectivity index (χ0) is 13.0. The highest BCUT2D eigenvalue weighted by molar-refractivity contribution is 6.28. The standard InChI is InChI=1S/C11H18ClN5O/c1-11(3-5-18-6-4-11)7-14-10-16-8(12)15-9(13-2)17-10/h3-7H2,1-2H3,(H2,13,14,15,16,17). The first kappa shape index (κ1) is 13.3. The number of rotatable bonds is 4. The van der Waals surface area contributed by atoms with Crippen molar-refractivity contribution in [2.24, 2.45) is 5.41 Å². The number of anilines is 2. The molecule has 0 unspecified atom stereocenters. The Morgan fingerprint density at radius 1 is 1.22 bits per heavy atom. The first-order valence-corrected chi connectivity index (χ1v) is 6.40. The Morgan fingerprint density at radius 2 is 1.89 bits per heavy atom.